The van der Waals surface area contributed by atoms with Crippen molar-refractivity contribution < 1.29 is 4.74 Å². The molecule has 0 radical (unpaired) electrons. The zero-order chi connectivity index (χ0) is 18.8. The van der Waals surface area contributed by atoms with E-state index in [1.807, 2.05) is 49.3 Å². The third-order valence-corrected chi connectivity index (χ3v) is 4.59. The molecular weight excluding hydrogens is 336 g/mol. The average molecular weight is 358 g/mol. The molecule has 0 unspecified atom stereocenters. The van der Waals surface area contributed by atoms with Crippen molar-refractivity contribution in [2.75, 3.05) is 20.7 Å². The lowest BCUT2D eigenvalue weighted by Crippen LogP contribution is -2.23. The van der Waals surface area contributed by atoms with E-state index in [1.165, 1.54) is 5.56 Å². The Balaban J connectivity index is 1.87. The first-order valence-electron chi connectivity index (χ1n) is 9.02. The van der Waals surface area contributed by atoms with Gasteiger partial charge in [-0.15, -0.1) is 0 Å². The lowest BCUT2D eigenvalue weighted by molar-refractivity contribution is 0.326. The molecule has 0 atom stereocenters. The van der Waals surface area contributed by atoms with Crippen molar-refractivity contribution in [1.29, 1.82) is 0 Å². The van der Waals surface area contributed by atoms with Crippen LogP contribution in [0.4, 0.5) is 5.82 Å². The van der Waals surface area contributed by atoms with E-state index in [0.29, 0.717) is 12.4 Å². The second kappa shape index (κ2) is 7.19. The maximum atomic E-state index is 5.91. The number of aromatic nitrogens is 2. The van der Waals surface area contributed by atoms with E-state index in [1.54, 1.807) is 6.33 Å². The van der Waals surface area contributed by atoms with E-state index in [2.05, 4.69) is 35.1 Å². The Hall–Kier alpha value is -3.21. The van der Waals surface area contributed by atoms with Gasteiger partial charge in [-0.05, 0) is 25.1 Å². The van der Waals surface area contributed by atoms with E-state index in [9.17, 15) is 0 Å². The van der Waals surface area contributed by atoms with Crippen LogP contribution in [0, 0.1) is 6.92 Å². The predicted molar refractivity (Wildman–Crippen MR) is 108 cm³/mol. The van der Waals surface area contributed by atoms with Crippen molar-refractivity contribution in [3.63, 3.8) is 0 Å². The fraction of sp³-hybridized carbons (Fsp3) is 0.227. The standard InChI is InChI=1S/C22H22N4O/c1-15-7-6-8-16(13-15)22(26(2)3)25-21-18-11-12-27-19-10-5-4-9-17(19)20(18)23-14-24-21/h4-10,13-14H,11-12H2,1-3H3. The maximum Gasteiger partial charge on any atom is 0.161 e. The van der Waals surface area contributed by atoms with Crippen molar-refractivity contribution >= 4 is 11.7 Å². The van der Waals surface area contributed by atoms with E-state index in [0.717, 1.165) is 40.4 Å². The molecule has 3 aromatic rings. The monoisotopic (exact) mass is 358 g/mol. The van der Waals surface area contributed by atoms with Crippen molar-refractivity contribution in [3.05, 3.63) is 71.5 Å². The lowest BCUT2D eigenvalue weighted by Gasteiger charge is -2.17. The average Bonchev–Trinajstić information content (AvgIpc) is 2.86. The number of nitrogens with zero attached hydrogens (tertiary/aromatic N) is 4. The summed E-state index contributed by atoms with van der Waals surface area (Å²) in [5.41, 5.74) is 5.18. The highest BCUT2D eigenvalue weighted by Crippen LogP contribution is 2.36. The third kappa shape index (κ3) is 3.40. The molecule has 5 nitrogen and oxygen atoms in total. The molecule has 1 aliphatic heterocycles. The van der Waals surface area contributed by atoms with Gasteiger partial charge in [0.2, 0.25) is 0 Å². The fourth-order valence-corrected chi connectivity index (χ4v) is 3.32. The Labute approximate surface area is 159 Å². The molecule has 2 aromatic carbocycles. The van der Waals surface area contributed by atoms with Gasteiger partial charge in [-0.2, -0.15) is 0 Å². The van der Waals surface area contributed by atoms with Crippen LogP contribution in [0.25, 0.3) is 11.3 Å². The van der Waals surface area contributed by atoms with Crippen LogP contribution in [-0.4, -0.2) is 41.4 Å². The molecule has 0 bridgehead atoms. The fourth-order valence-electron chi connectivity index (χ4n) is 3.32. The minimum atomic E-state index is 0.585. The smallest absolute Gasteiger partial charge is 0.161 e. The molecule has 1 aromatic heterocycles. The van der Waals surface area contributed by atoms with Gasteiger partial charge >= 0.3 is 0 Å². The largest absolute Gasteiger partial charge is 0.493 e. The summed E-state index contributed by atoms with van der Waals surface area (Å²) >= 11 is 0. The molecule has 0 saturated heterocycles. The maximum absolute atomic E-state index is 5.91. The summed E-state index contributed by atoms with van der Waals surface area (Å²) in [6.45, 7) is 2.67. The summed E-state index contributed by atoms with van der Waals surface area (Å²) in [6, 6.07) is 16.3. The van der Waals surface area contributed by atoms with Gasteiger partial charge in [0.15, 0.2) is 5.82 Å². The highest BCUT2D eigenvalue weighted by molar-refractivity contribution is 6.00. The number of hydrogen-bond acceptors (Lipinski definition) is 4. The van der Waals surface area contributed by atoms with E-state index in [-0.39, 0.29) is 0 Å². The van der Waals surface area contributed by atoms with Gasteiger partial charge in [0.25, 0.3) is 0 Å². The molecule has 0 amide bonds. The number of ether oxygens (including phenoxy) is 1. The first kappa shape index (κ1) is 17.2. The molecule has 0 saturated carbocycles. The van der Waals surface area contributed by atoms with Gasteiger partial charge in [-0.1, -0.05) is 35.9 Å². The number of hydrogen-bond donors (Lipinski definition) is 0. The van der Waals surface area contributed by atoms with Crippen molar-refractivity contribution in [2.45, 2.75) is 13.3 Å². The van der Waals surface area contributed by atoms with Crippen molar-refractivity contribution in [2.24, 2.45) is 4.99 Å². The highest BCUT2D eigenvalue weighted by Gasteiger charge is 2.20. The van der Waals surface area contributed by atoms with Crippen molar-refractivity contribution in [3.8, 4) is 17.0 Å². The van der Waals surface area contributed by atoms with Gasteiger partial charge in [0.05, 0.1) is 12.3 Å². The number of para-hydroxylation sites is 1. The number of fused-ring (bicyclic) bond motifs is 3. The van der Waals surface area contributed by atoms with Crippen molar-refractivity contribution in [1.82, 2.24) is 14.9 Å². The first-order valence-corrected chi connectivity index (χ1v) is 9.02. The van der Waals surface area contributed by atoms with Crippen LogP contribution < -0.4 is 4.74 Å². The minimum absolute atomic E-state index is 0.585. The number of aryl methyl sites for hydroxylation is 1. The quantitative estimate of drug-likeness (QED) is 0.513. The number of benzene rings is 2. The topological polar surface area (TPSA) is 50.6 Å². The van der Waals surface area contributed by atoms with Crippen LogP contribution in [0.5, 0.6) is 5.75 Å². The summed E-state index contributed by atoms with van der Waals surface area (Å²) in [6.07, 6.45) is 2.31. The summed E-state index contributed by atoms with van der Waals surface area (Å²) in [5.74, 6) is 2.43. The SMILES string of the molecule is Cc1cccc(C(=Nc2ncnc3c2CCOc2ccccc2-3)N(C)C)c1. The summed E-state index contributed by atoms with van der Waals surface area (Å²) in [4.78, 5) is 16.0. The van der Waals surface area contributed by atoms with Crippen LogP contribution in [0.3, 0.4) is 0 Å². The summed E-state index contributed by atoms with van der Waals surface area (Å²) in [7, 11) is 4.00. The minimum Gasteiger partial charge on any atom is -0.493 e. The Bertz CT molecular complexity index is 1010. The van der Waals surface area contributed by atoms with Gasteiger partial charge in [-0.3, -0.25) is 0 Å². The molecular formula is C22H22N4O. The molecule has 0 fully saturated rings. The molecule has 1 aliphatic rings. The Kier molecular flexibility index (Phi) is 4.59. The zero-order valence-electron chi connectivity index (χ0n) is 15.8. The highest BCUT2D eigenvalue weighted by atomic mass is 16.5. The Morgan fingerprint density at radius 1 is 1.07 bits per heavy atom. The zero-order valence-corrected chi connectivity index (χ0v) is 15.8. The van der Waals surface area contributed by atoms with Gasteiger partial charge in [0, 0.05) is 37.2 Å². The number of aliphatic imine (C=N–C) groups is 1. The van der Waals surface area contributed by atoms with Gasteiger partial charge in [0.1, 0.15) is 17.9 Å². The second-order valence-electron chi connectivity index (χ2n) is 6.82. The summed E-state index contributed by atoms with van der Waals surface area (Å²) in [5, 5.41) is 0. The van der Waals surface area contributed by atoms with E-state index < -0.39 is 0 Å². The van der Waals surface area contributed by atoms with Gasteiger partial charge in [-0.25, -0.2) is 15.0 Å². The van der Waals surface area contributed by atoms with Crippen LogP contribution in [-0.2, 0) is 6.42 Å². The van der Waals surface area contributed by atoms with E-state index >= 15 is 0 Å². The first-order chi connectivity index (χ1) is 13.1. The summed E-state index contributed by atoms with van der Waals surface area (Å²) < 4.78 is 5.91. The molecule has 0 spiro atoms. The third-order valence-electron chi connectivity index (χ3n) is 4.59. The predicted octanol–water partition coefficient (Wildman–Crippen LogP) is 4.03. The Morgan fingerprint density at radius 3 is 2.74 bits per heavy atom. The normalized spacial score (nSPS) is 13.2. The van der Waals surface area contributed by atoms with Crippen LogP contribution >= 0.6 is 0 Å². The Morgan fingerprint density at radius 2 is 1.93 bits per heavy atom. The van der Waals surface area contributed by atoms with Gasteiger partial charge < -0.3 is 9.64 Å². The molecule has 0 N–H and O–H groups in total. The van der Waals surface area contributed by atoms with Crippen LogP contribution in [0.2, 0.25) is 0 Å². The van der Waals surface area contributed by atoms with Crippen LogP contribution in [0.15, 0.2) is 59.9 Å². The molecule has 4 rings (SSSR count). The molecule has 0 aliphatic carbocycles. The lowest BCUT2D eigenvalue weighted by atomic mass is 10.0. The number of amidine groups is 1. The number of rotatable bonds is 2. The molecule has 27 heavy (non-hydrogen) atoms. The van der Waals surface area contributed by atoms with E-state index in [4.69, 9.17) is 9.73 Å². The second-order valence-corrected chi connectivity index (χ2v) is 6.82. The molecule has 136 valence electrons. The molecule has 5 heteroatoms. The van der Waals surface area contributed by atoms with Crippen LogP contribution in [0.1, 0.15) is 16.7 Å². The molecule has 2 heterocycles.